The molecule has 0 saturated carbocycles. The van der Waals surface area contributed by atoms with Crippen LogP contribution in [0.3, 0.4) is 0 Å². The van der Waals surface area contributed by atoms with E-state index in [1.54, 1.807) is 6.07 Å². The number of halogens is 1. The average Bonchev–Trinajstić information content (AvgIpc) is 2.09. The van der Waals surface area contributed by atoms with Crippen LogP contribution in [0.15, 0.2) is 18.2 Å². The fourth-order valence-corrected chi connectivity index (χ4v) is 0.871. The van der Waals surface area contributed by atoms with Gasteiger partial charge in [0.15, 0.2) is 0 Å². The molecule has 0 unspecified atom stereocenters. The van der Waals surface area contributed by atoms with Gasteiger partial charge in [0.05, 0.1) is 12.2 Å². The first kappa shape index (κ1) is 8.61. The Hall–Kier alpha value is -1.49. The van der Waals surface area contributed by atoms with Crippen LogP contribution in [-0.4, -0.2) is 6.61 Å². The standard InChI is InChI=1S/C10H9FO/c1-3-8-7-9(12-4-2)5-6-10(8)11/h1,5-7H,4H2,2H3. The predicted molar refractivity (Wildman–Crippen MR) is 45.5 cm³/mol. The molecule has 0 heterocycles. The fraction of sp³-hybridized carbons (Fsp3) is 0.200. The maximum absolute atomic E-state index is 12.8. The highest BCUT2D eigenvalue weighted by Gasteiger charge is 2.00. The minimum atomic E-state index is -0.388. The van der Waals surface area contributed by atoms with Gasteiger partial charge in [-0.15, -0.1) is 6.42 Å². The summed E-state index contributed by atoms with van der Waals surface area (Å²) >= 11 is 0. The molecule has 0 aliphatic heterocycles. The second-order valence-electron chi connectivity index (χ2n) is 2.22. The lowest BCUT2D eigenvalue weighted by molar-refractivity contribution is 0.339. The molecular weight excluding hydrogens is 155 g/mol. The summed E-state index contributed by atoms with van der Waals surface area (Å²) in [5.41, 5.74) is 0.237. The van der Waals surface area contributed by atoms with Gasteiger partial charge in [0, 0.05) is 0 Å². The quantitative estimate of drug-likeness (QED) is 0.609. The first-order valence-electron chi connectivity index (χ1n) is 3.67. The van der Waals surface area contributed by atoms with Crippen LogP contribution >= 0.6 is 0 Å². The van der Waals surface area contributed by atoms with Crippen LogP contribution < -0.4 is 4.74 Å². The highest BCUT2D eigenvalue weighted by molar-refractivity contribution is 5.39. The largest absolute Gasteiger partial charge is 0.494 e. The van der Waals surface area contributed by atoms with Gasteiger partial charge in [0.25, 0.3) is 0 Å². The van der Waals surface area contributed by atoms with Gasteiger partial charge < -0.3 is 4.74 Å². The summed E-state index contributed by atoms with van der Waals surface area (Å²) in [6.07, 6.45) is 5.07. The van der Waals surface area contributed by atoms with Crippen LogP contribution in [0, 0.1) is 18.2 Å². The van der Waals surface area contributed by atoms with E-state index in [0.717, 1.165) is 0 Å². The zero-order valence-electron chi connectivity index (χ0n) is 6.80. The van der Waals surface area contributed by atoms with Gasteiger partial charge in [-0.05, 0) is 25.1 Å². The van der Waals surface area contributed by atoms with E-state index in [-0.39, 0.29) is 11.4 Å². The van der Waals surface area contributed by atoms with E-state index in [9.17, 15) is 4.39 Å². The molecule has 0 saturated heterocycles. The van der Waals surface area contributed by atoms with E-state index < -0.39 is 0 Å². The molecular formula is C10H9FO. The molecule has 0 spiro atoms. The van der Waals surface area contributed by atoms with Crippen molar-refractivity contribution in [3.05, 3.63) is 29.6 Å². The topological polar surface area (TPSA) is 9.23 Å². The van der Waals surface area contributed by atoms with Crippen LogP contribution in [0.2, 0.25) is 0 Å². The van der Waals surface area contributed by atoms with Crippen LogP contribution in [0.4, 0.5) is 4.39 Å². The smallest absolute Gasteiger partial charge is 0.139 e. The maximum atomic E-state index is 12.8. The van der Waals surface area contributed by atoms with Gasteiger partial charge in [-0.2, -0.15) is 0 Å². The summed E-state index contributed by atoms with van der Waals surface area (Å²) in [5.74, 6) is 2.45. The molecule has 0 atom stereocenters. The molecule has 0 radical (unpaired) electrons. The molecule has 1 aromatic carbocycles. The molecule has 0 fully saturated rings. The molecule has 0 aromatic heterocycles. The Morgan fingerprint density at radius 2 is 2.33 bits per heavy atom. The number of rotatable bonds is 2. The van der Waals surface area contributed by atoms with E-state index in [1.807, 2.05) is 6.92 Å². The molecule has 12 heavy (non-hydrogen) atoms. The lowest BCUT2D eigenvalue weighted by Crippen LogP contribution is -1.92. The normalized spacial score (nSPS) is 9.08. The van der Waals surface area contributed by atoms with Crippen molar-refractivity contribution in [1.82, 2.24) is 0 Å². The van der Waals surface area contributed by atoms with Crippen molar-refractivity contribution in [2.75, 3.05) is 6.61 Å². The molecule has 1 rings (SSSR count). The molecule has 1 nitrogen and oxygen atoms in total. The first-order chi connectivity index (χ1) is 5.77. The van der Waals surface area contributed by atoms with E-state index >= 15 is 0 Å². The molecule has 0 amide bonds. The Balaban J connectivity index is 2.99. The van der Waals surface area contributed by atoms with Gasteiger partial charge in [0.2, 0.25) is 0 Å². The first-order valence-corrected chi connectivity index (χ1v) is 3.67. The van der Waals surface area contributed by atoms with Crippen molar-refractivity contribution in [2.24, 2.45) is 0 Å². The highest BCUT2D eigenvalue weighted by Crippen LogP contribution is 2.15. The number of ether oxygens (including phenoxy) is 1. The maximum Gasteiger partial charge on any atom is 0.139 e. The molecule has 0 aliphatic rings. The SMILES string of the molecule is C#Cc1cc(OCC)ccc1F. The fourth-order valence-electron chi connectivity index (χ4n) is 0.871. The zero-order chi connectivity index (χ0) is 8.97. The Morgan fingerprint density at radius 3 is 2.92 bits per heavy atom. The Kier molecular flexibility index (Phi) is 2.71. The van der Waals surface area contributed by atoms with Crippen molar-refractivity contribution in [3.8, 4) is 18.1 Å². The third-order valence-electron chi connectivity index (χ3n) is 1.40. The lowest BCUT2D eigenvalue weighted by atomic mass is 10.2. The van der Waals surface area contributed by atoms with E-state index in [1.165, 1.54) is 12.1 Å². The monoisotopic (exact) mass is 164 g/mol. The van der Waals surface area contributed by atoms with Crippen molar-refractivity contribution in [2.45, 2.75) is 6.92 Å². The Labute approximate surface area is 71.2 Å². The summed E-state index contributed by atoms with van der Waals surface area (Å²) in [6.45, 7) is 2.41. The van der Waals surface area contributed by atoms with Gasteiger partial charge in [-0.1, -0.05) is 5.92 Å². The van der Waals surface area contributed by atoms with Crippen LogP contribution in [0.25, 0.3) is 0 Å². The van der Waals surface area contributed by atoms with E-state index in [4.69, 9.17) is 11.2 Å². The molecule has 1 aromatic rings. The Morgan fingerprint density at radius 1 is 1.58 bits per heavy atom. The second-order valence-corrected chi connectivity index (χ2v) is 2.22. The summed E-state index contributed by atoms with van der Waals surface area (Å²) in [4.78, 5) is 0. The molecule has 0 bridgehead atoms. The number of hydrogen-bond acceptors (Lipinski definition) is 1. The predicted octanol–water partition coefficient (Wildman–Crippen LogP) is 2.21. The zero-order valence-corrected chi connectivity index (χ0v) is 6.80. The van der Waals surface area contributed by atoms with Crippen molar-refractivity contribution >= 4 is 0 Å². The van der Waals surface area contributed by atoms with Gasteiger partial charge >= 0.3 is 0 Å². The molecule has 2 heteroatoms. The minimum absolute atomic E-state index is 0.237. The third kappa shape index (κ3) is 1.76. The van der Waals surface area contributed by atoms with Gasteiger partial charge in [-0.3, -0.25) is 0 Å². The number of hydrogen-bond donors (Lipinski definition) is 0. The van der Waals surface area contributed by atoms with E-state index in [0.29, 0.717) is 12.4 Å². The Bertz CT molecular complexity index is 312. The third-order valence-corrected chi connectivity index (χ3v) is 1.40. The molecule has 0 aliphatic carbocycles. The van der Waals surface area contributed by atoms with Crippen molar-refractivity contribution in [3.63, 3.8) is 0 Å². The summed E-state index contributed by atoms with van der Waals surface area (Å²) in [5, 5.41) is 0. The second kappa shape index (κ2) is 3.77. The number of benzene rings is 1. The van der Waals surface area contributed by atoms with Crippen LogP contribution in [0.1, 0.15) is 12.5 Å². The number of terminal acetylenes is 1. The highest BCUT2D eigenvalue weighted by atomic mass is 19.1. The molecule has 0 N–H and O–H groups in total. The van der Waals surface area contributed by atoms with E-state index in [2.05, 4.69) is 5.92 Å². The average molecular weight is 164 g/mol. The van der Waals surface area contributed by atoms with Gasteiger partial charge in [-0.25, -0.2) is 4.39 Å². The summed E-state index contributed by atoms with van der Waals surface area (Å²) in [7, 11) is 0. The minimum Gasteiger partial charge on any atom is -0.494 e. The molecule has 62 valence electrons. The summed E-state index contributed by atoms with van der Waals surface area (Å²) < 4.78 is 18.0. The van der Waals surface area contributed by atoms with Crippen LogP contribution in [-0.2, 0) is 0 Å². The lowest BCUT2D eigenvalue weighted by Gasteiger charge is -2.02. The van der Waals surface area contributed by atoms with Crippen molar-refractivity contribution in [1.29, 1.82) is 0 Å². The summed E-state index contributed by atoms with van der Waals surface area (Å²) in [6, 6.07) is 4.37. The van der Waals surface area contributed by atoms with Crippen LogP contribution in [0.5, 0.6) is 5.75 Å². The van der Waals surface area contributed by atoms with Gasteiger partial charge in [0.1, 0.15) is 11.6 Å². The van der Waals surface area contributed by atoms with Crippen molar-refractivity contribution < 1.29 is 9.13 Å².